The molecular formula is C19H17F3N2O2. The van der Waals surface area contributed by atoms with Gasteiger partial charge in [0.2, 0.25) is 0 Å². The van der Waals surface area contributed by atoms with E-state index in [-0.39, 0.29) is 12.3 Å². The van der Waals surface area contributed by atoms with E-state index in [1.54, 1.807) is 60.7 Å². The molecule has 136 valence electrons. The highest BCUT2D eigenvalue weighted by atomic mass is 19.4. The zero-order chi connectivity index (χ0) is 19.0. The van der Waals surface area contributed by atoms with Crippen molar-refractivity contribution in [3.8, 4) is 0 Å². The Bertz CT molecular complexity index is 744. The standard InChI is InChI=1S/C19H17F3N2O2/c1-2-26-17(25)13-16(19(20,21)22)23-24-18(14-9-5-3-6-10-14)15-11-7-4-8-12-15/h3-12H,2,13H2,1H3/b23-16-. The normalized spacial score (nSPS) is 11.8. The van der Waals surface area contributed by atoms with E-state index in [2.05, 4.69) is 14.9 Å². The molecule has 0 N–H and O–H groups in total. The van der Waals surface area contributed by atoms with Crippen LogP contribution in [0.1, 0.15) is 24.5 Å². The van der Waals surface area contributed by atoms with Crippen LogP contribution in [0.4, 0.5) is 13.2 Å². The number of ether oxygens (including phenoxy) is 1. The highest BCUT2D eigenvalue weighted by Crippen LogP contribution is 2.21. The number of hydrogen-bond donors (Lipinski definition) is 0. The van der Waals surface area contributed by atoms with E-state index in [4.69, 9.17) is 0 Å². The van der Waals surface area contributed by atoms with Gasteiger partial charge < -0.3 is 4.74 Å². The van der Waals surface area contributed by atoms with Crippen LogP contribution in [0.3, 0.4) is 0 Å². The molecule has 7 heteroatoms. The summed E-state index contributed by atoms with van der Waals surface area (Å²) < 4.78 is 44.1. The molecule has 0 atom stereocenters. The van der Waals surface area contributed by atoms with E-state index in [1.807, 2.05) is 0 Å². The number of benzene rings is 2. The molecule has 0 bridgehead atoms. The highest BCUT2D eigenvalue weighted by Gasteiger charge is 2.37. The average molecular weight is 362 g/mol. The van der Waals surface area contributed by atoms with Crippen LogP contribution < -0.4 is 0 Å². The number of rotatable bonds is 6. The molecule has 2 rings (SSSR count). The zero-order valence-electron chi connectivity index (χ0n) is 14.0. The lowest BCUT2D eigenvalue weighted by atomic mass is 10.0. The molecule has 0 fully saturated rings. The lowest BCUT2D eigenvalue weighted by Gasteiger charge is -2.10. The lowest BCUT2D eigenvalue weighted by molar-refractivity contribution is -0.142. The molecule has 0 unspecified atom stereocenters. The summed E-state index contributed by atoms with van der Waals surface area (Å²) in [6.07, 6.45) is -5.77. The first-order valence-electron chi connectivity index (χ1n) is 7.90. The van der Waals surface area contributed by atoms with Gasteiger partial charge >= 0.3 is 12.1 Å². The van der Waals surface area contributed by atoms with Gasteiger partial charge in [-0.1, -0.05) is 60.7 Å². The fourth-order valence-electron chi connectivity index (χ4n) is 2.13. The van der Waals surface area contributed by atoms with Crippen molar-refractivity contribution in [3.63, 3.8) is 0 Å². The number of carbonyl (C=O) groups is 1. The maximum absolute atomic E-state index is 13.2. The van der Waals surface area contributed by atoms with Crippen molar-refractivity contribution in [2.45, 2.75) is 19.5 Å². The molecule has 0 aliphatic heterocycles. The molecule has 0 aliphatic carbocycles. The Kier molecular flexibility index (Phi) is 6.66. The third kappa shape index (κ3) is 5.54. The molecule has 0 saturated carbocycles. The Balaban J connectivity index is 2.46. The number of carbonyl (C=O) groups excluding carboxylic acids is 1. The molecule has 0 radical (unpaired) electrons. The molecule has 0 spiro atoms. The molecule has 0 amide bonds. The second-order valence-electron chi connectivity index (χ2n) is 5.21. The number of hydrogen-bond acceptors (Lipinski definition) is 4. The summed E-state index contributed by atoms with van der Waals surface area (Å²) in [5.74, 6) is -1.00. The van der Waals surface area contributed by atoms with Gasteiger partial charge in [0.05, 0.1) is 13.0 Å². The number of halogens is 3. The van der Waals surface area contributed by atoms with Crippen LogP contribution in [0.25, 0.3) is 0 Å². The Hall–Kier alpha value is -2.96. The van der Waals surface area contributed by atoms with Gasteiger partial charge in [0.15, 0.2) is 5.71 Å². The first kappa shape index (κ1) is 19.4. The van der Waals surface area contributed by atoms with Crippen LogP contribution in [0.5, 0.6) is 0 Å². The summed E-state index contributed by atoms with van der Waals surface area (Å²) in [5.41, 5.74) is 0.192. The van der Waals surface area contributed by atoms with Gasteiger partial charge in [0.1, 0.15) is 5.71 Å². The van der Waals surface area contributed by atoms with E-state index in [9.17, 15) is 18.0 Å². The van der Waals surface area contributed by atoms with Crippen LogP contribution in [-0.4, -0.2) is 30.2 Å². The SMILES string of the molecule is CCOC(=O)C/C(=N/N=C(c1ccccc1)c1ccccc1)C(F)(F)F. The fraction of sp³-hybridized carbons (Fsp3) is 0.211. The predicted molar refractivity (Wildman–Crippen MR) is 93.3 cm³/mol. The summed E-state index contributed by atoms with van der Waals surface area (Å²) in [4.78, 5) is 11.4. The minimum Gasteiger partial charge on any atom is -0.466 e. The molecular weight excluding hydrogens is 345 g/mol. The Morgan fingerprint density at radius 1 is 0.923 bits per heavy atom. The van der Waals surface area contributed by atoms with Crippen LogP contribution in [0, 0.1) is 0 Å². The summed E-state index contributed by atoms with van der Waals surface area (Å²) in [6.45, 7) is 1.51. The predicted octanol–water partition coefficient (Wildman–Crippen LogP) is 4.40. The smallest absolute Gasteiger partial charge is 0.431 e. The van der Waals surface area contributed by atoms with Crippen LogP contribution in [-0.2, 0) is 9.53 Å². The number of esters is 1. The van der Waals surface area contributed by atoms with Crippen LogP contribution >= 0.6 is 0 Å². The maximum Gasteiger partial charge on any atom is 0.431 e. The van der Waals surface area contributed by atoms with Gasteiger partial charge in [-0.2, -0.15) is 13.2 Å². The first-order chi connectivity index (χ1) is 12.4. The molecule has 0 heterocycles. The molecule has 4 nitrogen and oxygen atoms in total. The minimum absolute atomic E-state index is 0.00742. The van der Waals surface area contributed by atoms with Crippen molar-refractivity contribution in [2.24, 2.45) is 10.2 Å². The quantitative estimate of drug-likeness (QED) is 0.435. The zero-order valence-corrected chi connectivity index (χ0v) is 14.0. The van der Waals surface area contributed by atoms with E-state index < -0.39 is 24.3 Å². The monoisotopic (exact) mass is 362 g/mol. The van der Waals surface area contributed by atoms with E-state index >= 15 is 0 Å². The van der Waals surface area contributed by atoms with E-state index in [0.717, 1.165) is 0 Å². The van der Waals surface area contributed by atoms with Crippen LogP contribution in [0.15, 0.2) is 70.9 Å². The van der Waals surface area contributed by atoms with Crippen molar-refractivity contribution in [1.29, 1.82) is 0 Å². The highest BCUT2D eigenvalue weighted by molar-refractivity contribution is 6.13. The van der Waals surface area contributed by atoms with Gasteiger partial charge in [-0.3, -0.25) is 4.79 Å². The number of nitrogens with zero attached hydrogens (tertiary/aromatic N) is 2. The first-order valence-corrected chi connectivity index (χ1v) is 7.90. The summed E-state index contributed by atoms with van der Waals surface area (Å²) >= 11 is 0. The lowest BCUT2D eigenvalue weighted by Crippen LogP contribution is -2.26. The second-order valence-corrected chi connectivity index (χ2v) is 5.21. The molecule has 0 saturated heterocycles. The van der Waals surface area contributed by atoms with Gasteiger partial charge in [0, 0.05) is 11.1 Å². The third-order valence-electron chi connectivity index (χ3n) is 3.31. The summed E-state index contributed by atoms with van der Waals surface area (Å²) in [6, 6.07) is 17.5. The van der Waals surface area contributed by atoms with Crippen molar-refractivity contribution in [3.05, 3.63) is 71.8 Å². The molecule has 0 aromatic heterocycles. The van der Waals surface area contributed by atoms with Gasteiger partial charge in [-0.15, -0.1) is 10.2 Å². The Morgan fingerprint density at radius 3 is 1.85 bits per heavy atom. The van der Waals surface area contributed by atoms with E-state index in [1.165, 1.54) is 6.92 Å². The van der Waals surface area contributed by atoms with E-state index in [0.29, 0.717) is 11.1 Å². The molecule has 26 heavy (non-hydrogen) atoms. The van der Waals surface area contributed by atoms with Gasteiger partial charge in [0.25, 0.3) is 0 Å². The topological polar surface area (TPSA) is 51.0 Å². The average Bonchev–Trinajstić information content (AvgIpc) is 2.62. The third-order valence-corrected chi connectivity index (χ3v) is 3.31. The molecule has 0 aliphatic rings. The minimum atomic E-state index is -4.78. The van der Waals surface area contributed by atoms with Crippen molar-refractivity contribution in [1.82, 2.24) is 0 Å². The Morgan fingerprint density at radius 2 is 1.42 bits per heavy atom. The molecule has 2 aromatic carbocycles. The molecule has 2 aromatic rings. The maximum atomic E-state index is 13.2. The fourth-order valence-corrected chi connectivity index (χ4v) is 2.13. The van der Waals surface area contributed by atoms with Crippen molar-refractivity contribution < 1.29 is 22.7 Å². The number of alkyl halides is 3. The van der Waals surface area contributed by atoms with Crippen molar-refractivity contribution >= 4 is 17.4 Å². The second kappa shape index (κ2) is 8.94. The Labute approximate surface area is 149 Å². The van der Waals surface area contributed by atoms with Crippen molar-refractivity contribution in [2.75, 3.05) is 6.61 Å². The van der Waals surface area contributed by atoms with Gasteiger partial charge in [-0.25, -0.2) is 0 Å². The largest absolute Gasteiger partial charge is 0.466 e. The van der Waals surface area contributed by atoms with Gasteiger partial charge in [-0.05, 0) is 6.92 Å². The van der Waals surface area contributed by atoms with Crippen LogP contribution in [0.2, 0.25) is 0 Å². The summed E-state index contributed by atoms with van der Waals surface area (Å²) in [5, 5.41) is 7.17. The summed E-state index contributed by atoms with van der Waals surface area (Å²) in [7, 11) is 0.